The van der Waals surface area contributed by atoms with E-state index in [4.69, 9.17) is 4.74 Å². The molecule has 0 aromatic heterocycles. The molecule has 1 amide bonds. The fourth-order valence-electron chi connectivity index (χ4n) is 2.98. The normalized spacial score (nSPS) is 20.9. The van der Waals surface area contributed by atoms with Crippen LogP contribution in [0.2, 0.25) is 0 Å². The maximum Gasteiger partial charge on any atom is 0.330 e. The second-order valence-electron chi connectivity index (χ2n) is 5.08. The number of carbonyl (C=O) groups excluding carboxylic acids is 1. The number of nitrogens with zero attached hydrogens (tertiary/aromatic N) is 1. The summed E-state index contributed by atoms with van der Waals surface area (Å²) in [6.07, 6.45) is 0.558. The number of benzene rings is 1. The minimum absolute atomic E-state index is 0.279. The third-order valence-electron chi connectivity index (χ3n) is 4.09. The van der Waals surface area contributed by atoms with E-state index in [2.05, 4.69) is 6.58 Å². The lowest BCUT2D eigenvalue weighted by atomic mass is 9.87. The van der Waals surface area contributed by atoms with E-state index in [1.165, 1.54) is 4.90 Å². The average Bonchev–Trinajstić information content (AvgIpc) is 2.72. The fraction of sp³-hybridized carbons (Fsp3) is 0.333. The smallest absolute Gasteiger partial charge is 0.330 e. The van der Waals surface area contributed by atoms with Gasteiger partial charge in [-0.05, 0) is 6.07 Å². The van der Waals surface area contributed by atoms with Crippen molar-refractivity contribution in [1.29, 1.82) is 0 Å². The van der Waals surface area contributed by atoms with Crippen molar-refractivity contribution in [2.45, 2.75) is 18.4 Å². The zero-order chi connectivity index (χ0) is 14.3. The number of carboxylic acid groups (broad SMARTS) is 1. The highest BCUT2D eigenvalue weighted by molar-refractivity contribution is 6.11. The van der Waals surface area contributed by atoms with Crippen LogP contribution < -0.4 is 0 Å². The molecule has 2 aliphatic heterocycles. The molecular formula is C15H15NO4. The molecule has 3 rings (SSSR count). The highest BCUT2D eigenvalue weighted by atomic mass is 16.5. The van der Waals surface area contributed by atoms with E-state index in [0.29, 0.717) is 30.0 Å². The first-order valence-electron chi connectivity index (χ1n) is 6.52. The van der Waals surface area contributed by atoms with E-state index >= 15 is 0 Å². The van der Waals surface area contributed by atoms with E-state index in [-0.39, 0.29) is 18.7 Å². The van der Waals surface area contributed by atoms with E-state index in [1.54, 1.807) is 18.2 Å². The molecule has 104 valence electrons. The van der Waals surface area contributed by atoms with Gasteiger partial charge >= 0.3 is 5.97 Å². The van der Waals surface area contributed by atoms with Crippen LogP contribution in [0, 0.1) is 0 Å². The van der Waals surface area contributed by atoms with Crippen LogP contribution >= 0.6 is 0 Å². The first-order chi connectivity index (χ1) is 9.58. The zero-order valence-corrected chi connectivity index (χ0v) is 11.0. The van der Waals surface area contributed by atoms with Crippen molar-refractivity contribution in [3.05, 3.63) is 42.0 Å². The Labute approximate surface area is 116 Å². The highest BCUT2D eigenvalue weighted by Gasteiger charge is 2.52. The lowest BCUT2D eigenvalue weighted by Crippen LogP contribution is -2.57. The Morgan fingerprint density at radius 3 is 2.40 bits per heavy atom. The molecule has 1 aromatic rings. The van der Waals surface area contributed by atoms with Gasteiger partial charge in [-0.2, -0.15) is 0 Å². The van der Waals surface area contributed by atoms with Crippen molar-refractivity contribution in [1.82, 2.24) is 4.90 Å². The lowest BCUT2D eigenvalue weighted by Gasteiger charge is -2.41. The minimum Gasteiger partial charge on any atom is -0.479 e. The Bertz CT molecular complexity index is 567. The molecule has 1 fully saturated rings. The topological polar surface area (TPSA) is 66.8 Å². The van der Waals surface area contributed by atoms with Gasteiger partial charge in [0.1, 0.15) is 5.54 Å². The Morgan fingerprint density at radius 1 is 1.25 bits per heavy atom. The minimum atomic E-state index is -1.24. The molecule has 5 heteroatoms. The van der Waals surface area contributed by atoms with Crippen molar-refractivity contribution >= 4 is 17.6 Å². The largest absolute Gasteiger partial charge is 0.479 e. The quantitative estimate of drug-likeness (QED) is 0.891. The second kappa shape index (κ2) is 4.45. The molecule has 1 aromatic carbocycles. The van der Waals surface area contributed by atoms with Crippen LogP contribution in [0.25, 0.3) is 5.70 Å². The SMILES string of the molecule is C=C1c2ccccc2C(=O)N1C1(C(=O)O)CCOCC1. The van der Waals surface area contributed by atoms with E-state index in [9.17, 15) is 14.7 Å². The summed E-state index contributed by atoms with van der Waals surface area (Å²) in [6, 6.07) is 7.09. The number of carboxylic acids is 1. The maximum atomic E-state index is 12.6. The summed E-state index contributed by atoms with van der Waals surface area (Å²) < 4.78 is 5.25. The van der Waals surface area contributed by atoms with Gasteiger partial charge in [0.2, 0.25) is 0 Å². The van der Waals surface area contributed by atoms with E-state index in [1.807, 2.05) is 6.07 Å². The Balaban J connectivity index is 2.08. The number of carbonyl (C=O) groups is 2. The van der Waals surface area contributed by atoms with Crippen molar-refractivity contribution in [3.8, 4) is 0 Å². The molecule has 0 aliphatic carbocycles. The average molecular weight is 273 g/mol. The van der Waals surface area contributed by atoms with Crippen LogP contribution in [0.5, 0.6) is 0 Å². The molecule has 2 aliphatic rings. The van der Waals surface area contributed by atoms with Crippen LogP contribution in [0.3, 0.4) is 0 Å². The first kappa shape index (κ1) is 12.9. The van der Waals surface area contributed by atoms with Crippen molar-refractivity contribution in [2.24, 2.45) is 0 Å². The predicted octanol–water partition coefficient (Wildman–Crippen LogP) is 1.75. The summed E-state index contributed by atoms with van der Waals surface area (Å²) in [7, 11) is 0. The molecule has 0 atom stereocenters. The molecule has 0 unspecified atom stereocenters. The second-order valence-corrected chi connectivity index (χ2v) is 5.08. The van der Waals surface area contributed by atoms with Crippen LogP contribution in [0.4, 0.5) is 0 Å². The van der Waals surface area contributed by atoms with Crippen molar-refractivity contribution in [3.63, 3.8) is 0 Å². The van der Waals surface area contributed by atoms with Crippen LogP contribution in [0.1, 0.15) is 28.8 Å². The van der Waals surface area contributed by atoms with Gasteiger partial charge in [0, 0.05) is 42.9 Å². The number of aliphatic carboxylic acids is 1. The molecular weight excluding hydrogens is 258 g/mol. The maximum absolute atomic E-state index is 12.6. The first-order valence-corrected chi connectivity index (χ1v) is 6.52. The summed E-state index contributed by atoms with van der Waals surface area (Å²) in [4.78, 5) is 25.7. The Hall–Kier alpha value is -2.14. The van der Waals surface area contributed by atoms with Gasteiger partial charge in [0.25, 0.3) is 5.91 Å². The van der Waals surface area contributed by atoms with E-state index < -0.39 is 11.5 Å². The number of ether oxygens (including phenoxy) is 1. The van der Waals surface area contributed by atoms with Crippen LogP contribution in [-0.4, -0.2) is 40.6 Å². The molecule has 0 spiro atoms. The van der Waals surface area contributed by atoms with Gasteiger partial charge in [-0.1, -0.05) is 24.8 Å². The zero-order valence-electron chi connectivity index (χ0n) is 11.0. The molecule has 1 saturated heterocycles. The van der Waals surface area contributed by atoms with Gasteiger partial charge in [-0.15, -0.1) is 0 Å². The van der Waals surface area contributed by atoms with E-state index in [0.717, 1.165) is 0 Å². The standard InChI is InChI=1S/C15H15NO4/c1-10-11-4-2-3-5-12(11)13(17)16(10)15(14(18)19)6-8-20-9-7-15/h2-5H,1,6-9H2,(H,18,19). The number of hydrogen-bond donors (Lipinski definition) is 1. The summed E-state index contributed by atoms with van der Waals surface area (Å²) >= 11 is 0. The molecule has 20 heavy (non-hydrogen) atoms. The Morgan fingerprint density at radius 2 is 1.85 bits per heavy atom. The van der Waals surface area contributed by atoms with Crippen molar-refractivity contribution in [2.75, 3.05) is 13.2 Å². The third kappa shape index (κ3) is 1.59. The van der Waals surface area contributed by atoms with Gasteiger partial charge in [0.05, 0.1) is 0 Å². The summed E-state index contributed by atoms with van der Waals surface area (Å²) in [6.45, 7) is 4.60. The third-order valence-corrected chi connectivity index (χ3v) is 4.09. The van der Waals surface area contributed by atoms with Gasteiger partial charge in [0.15, 0.2) is 0 Å². The highest BCUT2D eigenvalue weighted by Crippen LogP contribution is 2.41. The summed E-state index contributed by atoms with van der Waals surface area (Å²) in [5, 5.41) is 9.67. The molecule has 2 heterocycles. The number of hydrogen-bond acceptors (Lipinski definition) is 3. The fourth-order valence-corrected chi connectivity index (χ4v) is 2.98. The molecule has 0 saturated carbocycles. The van der Waals surface area contributed by atoms with Crippen molar-refractivity contribution < 1.29 is 19.4 Å². The molecule has 0 radical (unpaired) electrons. The van der Waals surface area contributed by atoms with Gasteiger partial charge in [-0.3, -0.25) is 9.69 Å². The summed E-state index contributed by atoms with van der Waals surface area (Å²) in [5.41, 5.74) is 0.454. The predicted molar refractivity (Wildman–Crippen MR) is 72.1 cm³/mol. The molecule has 5 nitrogen and oxygen atoms in total. The number of rotatable bonds is 2. The van der Waals surface area contributed by atoms with Crippen LogP contribution in [-0.2, 0) is 9.53 Å². The number of amides is 1. The van der Waals surface area contributed by atoms with Gasteiger partial charge < -0.3 is 9.84 Å². The monoisotopic (exact) mass is 273 g/mol. The van der Waals surface area contributed by atoms with Gasteiger partial charge in [-0.25, -0.2) is 4.79 Å². The molecule has 0 bridgehead atoms. The van der Waals surface area contributed by atoms with Crippen LogP contribution in [0.15, 0.2) is 30.8 Å². The molecule has 1 N–H and O–H groups in total. The summed E-state index contributed by atoms with van der Waals surface area (Å²) in [5.74, 6) is -1.28. The number of fused-ring (bicyclic) bond motifs is 1. The Kier molecular flexibility index (Phi) is 2.87. The lowest BCUT2D eigenvalue weighted by molar-refractivity contribution is -0.153.